The number of rotatable bonds is 3. The summed E-state index contributed by atoms with van der Waals surface area (Å²) < 4.78 is 0. The van der Waals surface area contributed by atoms with Crippen molar-refractivity contribution >= 4 is 24.5 Å². The average Bonchev–Trinajstić information content (AvgIpc) is 2.37. The van der Waals surface area contributed by atoms with Crippen molar-refractivity contribution in [3.63, 3.8) is 0 Å². The van der Waals surface area contributed by atoms with Crippen LogP contribution in [0.5, 0.6) is 0 Å². The van der Waals surface area contributed by atoms with E-state index in [4.69, 9.17) is 0 Å². The molecular weight excluding hydrogens is 250 g/mol. The molecule has 1 atom stereocenters. The van der Waals surface area contributed by atoms with Gasteiger partial charge in [0.15, 0.2) is 0 Å². The number of fused-ring (bicyclic) bond motifs is 1. The first kappa shape index (κ1) is 13.0. The van der Waals surface area contributed by atoms with Crippen LogP contribution in [0.4, 0.5) is 0 Å². The molecule has 1 aromatic carbocycles. The van der Waals surface area contributed by atoms with Crippen LogP contribution in [0, 0.1) is 0 Å². The van der Waals surface area contributed by atoms with Gasteiger partial charge in [-0.15, -0.1) is 0 Å². The Hall–Kier alpha value is -1.49. The molecule has 1 aromatic rings. The van der Waals surface area contributed by atoms with E-state index in [1.54, 1.807) is 0 Å². The molecule has 5 heteroatoms. The number of carboxylic acid groups (broad SMARTS) is 1. The Labute approximate surface area is 111 Å². The Morgan fingerprint density at radius 2 is 2.00 bits per heavy atom. The van der Waals surface area contributed by atoms with Crippen LogP contribution in [0.2, 0.25) is 0 Å². The molecule has 96 valence electrons. The third kappa shape index (κ3) is 2.51. The summed E-state index contributed by atoms with van der Waals surface area (Å²) in [6.07, 6.45) is 0.652. The van der Waals surface area contributed by atoms with Gasteiger partial charge in [0.2, 0.25) is 5.91 Å². The summed E-state index contributed by atoms with van der Waals surface area (Å²) in [5, 5.41) is 9.24. The highest BCUT2D eigenvalue weighted by Crippen LogP contribution is 2.24. The van der Waals surface area contributed by atoms with E-state index in [1.165, 1.54) is 4.90 Å². The monoisotopic (exact) mass is 265 g/mol. The number of hydrogen-bond donors (Lipinski definition) is 2. The smallest absolute Gasteiger partial charge is 0.326 e. The zero-order chi connectivity index (χ0) is 13.1. The fraction of sp³-hybridized carbons (Fsp3) is 0.385. The van der Waals surface area contributed by atoms with Gasteiger partial charge in [-0.2, -0.15) is 12.6 Å². The number of amides is 1. The number of benzene rings is 1. The van der Waals surface area contributed by atoms with Crippen molar-refractivity contribution < 1.29 is 14.7 Å². The van der Waals surface area contributed by atoms with Crippen molar-refractivity contribution in [2.45, 2.75) is 25.4 Å². The third-order valence-electron chi connectivity index (χ3n) is 3.18. The molecule has 0 fully saturated rings. The van der Waals surface area contributed by atoms with Crippen LogP contribution in [-0.2, 0) is 22.6 Å². The topological polar surface area (TPSA) is 57.6 Å². The standard InChI is InChI=1S/C13H15NO3S/c15-12(5-6-18)14-8-10-4-2-1-3-9(10)7-11(14)13(16)17/h1-4,11,18H,5-8H2,(H,16,17). The summed E-state index contributed by atoms with van der Waals surface area (Å²) in [7, 11) is 0. The number of carbonyl (C=O) groups excluding carboxylic acids is 1. The first-order valence-corrected chi connectivity index (χ1v) is 6.46. The van der Waals surface area contributed by atoms with E-state index < -0.39 is 12.0 Å². The first-order valence-electron chi connectivity index (χ1n) is 5.83. The predicted molar refractivity (Wildman–Crippen MR) is 70.6 cm³/mol. The van der Waals surface area contributed by atoms with E-state index >= 15 is 0 Å². The summed E-state index contributed by atoms with van der Waals surface area (Å²) in [6, 6.07) is 6.90. The molecule has 0 saturated heterocycles. The number of nitrogens with zero attached hydrogens (tertiary/aromatic N) is 1. The molecule has 0 saturated carbocycles. The minimum Gasteiger partial charge on any atom is -0.480 e. The summed E-state index contributed by atoms with van der Waals surface area (Å²) in [4.78, 5) is 24.7. The summed E-state index contributed by atoms with van der Waals surface area (Å²) >= 11 is 4.02. The van der Waals surface area contributed by atoms with E-state index in [-0.39, 0.29) is 12.3 Å². The van der Waals surface area contributed by atoms with Gasteiger partial charge in [-0.1, -0.05) is 24.3 Å². The van der Waals surface area contributed by atoms with Gasteiger partial charge in [0, 0.05) is 19.4 Å². The Kier molecular flexibility index (Phi) is 3.91. The van der Waals surface area contributed by atoms with Gasteiger partial charge in [0.05, 0.1) is 0 Å². The molecule has 1 amide bonds. The van der Waals surface area contributed by atoms with Gasteiger partial charge >= 0.3 is 5.97 Å². The van der Waals surface area contributed by atoms with Crippen molar-refractivity contribution in [2.24, 2.45) is 0 Å². The number of carboxylic acids is 1. The van der Waals surface area contributed by atoms with Gasteiger partial charge in [0.1, 0.15) is 6.04 Å². The molecule has 1 aliphatic rings. The molecular formula is C13H15NO3S. The van der Waals surface area contributed by atoms with Crippen LogP contribution in [-0.4, -0.2) is 33.7 Å². The normalized spacial score (nSPS) is 18.3. The molecule has 0 aliphatic carbocycles. The molecule has 1 heterocycles. The summed E-state index contributed by atoms with van der Waals surface area (Å²) in [5.74, 6) is -0.660. The lowest BCUT2D eigenvalue weighted by molar-refractivity contribution is -0.151. The number of thiol groups is 1. The average molecular weight is 265 g/mol. The zero-order valence-electron chi connectivity index (χ0n) is 9.87. The first-order chi connectivity index (χ1) is 8.63. The van der Waals surface area contributed by atoms with Crippen LogP contribution in [0.15, 0.2) is 24.3 Å². The molecule has 1 unspecified atom stereocenters. The second-order valence-electron chi connectivity index (χ2n) is 4.32. The van der Waals surface area contributed by atoms with E-state index in [9.17, 15) is 14.7 Å². The van der Waals surface area contributed by atoms with Gasteiger partial charge in [-0.05, 0) is 16.9 Å². The van der Waals surface area contributed by atoms with E-state index in [2.05, 4.69) is 12.6 Å². The van der Waals surface area contributed by atoms with Gasteiger partial charge in [-0.25, -0.2) is 4.79 Å². The molecule has 0 aromatic heterocycles. The molecule has 1 N–H and O–H groups in total. The van der Waals surface area contributed by atoms with Crippen LogP contribution in [0.3, 0.4) is 0 Å². The number of carbonyl (C=O) groups is 2. The zero-order valence-corrected chi connectivity index (χ0v) is 10.8. The Bertz CT molecular complexity index is 475. The lowest BCUT2D eigenvalue weighted by Gasteiger charge is -2.34. The van der Waals surface area contributed by atoms with Gasteiger partial charge in [0.25, 0.3) is 0 Å². The highest BCUT2D eigenvalue weighted by molar-refractivity contribution is 7.80. The SMILES string of the molecule is O=C(O)C1Cc2ccccc2CN1C(=O)CCS. The van der Waals surface area contributed by atoms with Crippen molar-refractivity contribution in [1.29, 1.82) is 0 Å². The third-order valence-corrected chi connectivity index (χ3v) is 3.40. The fourth-order valence-electron chi connectivity index (χ4n) is 2.24. The molecule has 0 spiro atoms. The highest BCUT2D eigenvalue weighted by Gasteiger charge is 2.33. The Morgan fingerprint density at radius 3 is 2.61 bits per heavy atom. The maximum atomic E-state index is 11.9. The molecule has 2 rings (SSSR count). The van der Waals surface area contributed by atoms with Gasteiger partial charge < -0.3 is 10.0 Å². The van der Waals surface area contributed by atoms with Crippen molar-refractivity contribution in [3.8, 4) is 0 Å². The maximum absolute atomic E-state index is 11.9. The Morgan fingerprint density at radius 1 is 1.33 bits per heavy atom. The van der Waals surface area contributed by atoms with Crippen molar-refractivity contribution in [3.05, 3.63) is 35.4 Å². The van der Waals surface area contributed by atoms with Crippen LogP contribution < -0.4 is 0 Å². The molecule has 0 radical (unpaired) electrons. The Balaban J connectivity index is 2.28. The minimum absolute atomic E-state index is 0.146. The second-order valence-corrected chi connectivity index (χ2v) is 4.77. The predicted octanol–water partition coefficient (Wildman–Crippen LogP) is 1.34. The van der Waals surface area contributed by atoms with Gasteiger partial charge in [-0.3, -0.25) is 4.79 Å². The number of hydrogen-bond acceptors (Lipinski definition) is 3. The van der Waals surface area contributed by atoms with Crippen LogP contribution in [0.1, 0.15) is 17.5 Å². The molecule has 4 nitrogen and oxygen atoms in total. The molecule has 1 aliphatic heterocycles. The fourth-order valence-corrected chi connectivity index (χ4v) is 2.44. The largest absolute Gasteiger partial charge is 0.480 e. The maximum Gasteiger partial charge on any atom is 0.326 e. The van der Waals surface area contributed by atoms with Crippen molar-refractivity contribution in [1.82, 2.24) is 4.90 Å². The lowest BCUT2D eigenvalue weighted by Crippen LogP contribution is -2.48. The highest BCUT2D eigenvalue weighted by atomic mass is 32.1. The van der Waals surface area contributed by atoms with Crippen LogP contribution >= 0.6 is 12.6 Å². The second kappa shape index (κ2) is 5.44. The molecule has 18 heavy (non-hydrogen) atoms. The quantitative estimate of drug-likeness (QED) is 0.811. The molecule has 0 bridgehead atoms. The van der Waals surface area contributed by atoms with Crippen LogP contribution in [0.25, 0.3) is 0 Å². The number of aliphatic carboxylic acids is 1. The lowest BCUT2D eigenvalue weighted by atomic mass is 9.94. The van der Waals surface area contributed by atoms with E-state index in [1.807, 2.05) is 24.3 Å². The van der Waals surface area contributed by atoms with E-state index in [0.29, 0.717) is 18.7 Å². The van der Waals surface area contributed by atoms with Crippen molar-refractivity contribution in [2.75, 3.05) is 5.75 Å². The minimum atomic E-state index is -0.947. The summed E-state index contributed by atoms with van der Waals surface area (Å²) in [6.45, 7) is 0.375. The summed E-state index contributed by atoms with van der Waals surface area (Å²) in [5.41, 5.74) is 2.04. The van der Waals surface area contributed by atoms with E-state index in [0.717, 1.165) is 11.1 Å².